The minimum Gasteiger partial charge on any atom is -0.463 e. The van der Waals surface area contributed by atoms with Crippen LogP contribution in [-0.2, 0) is 6.42 Å². The van der Waals surface area contributed by atoms with Gasteiger partial charge in [0.25, 0.3) is 5.91 Å². The van der Waals surface area contributed by atoms with Crippen molar-refractivity contribution in [3.8, 4) is 11.5 Å². The van der Waals surface area contributed by atoms with E-state index in [9.17, 15) is 4.79 Å². The summed E-state index contributed by atoms with van der Waals surface area (Å²) in [5.41, 5.74) is 1.54. The summed E-state index contributed by atoms with van der Waals surface area (Å²) in [4.78, 5) is 19.2. The highest BCUT2D eigenvalue weighted by Gasteiger charge is 2.07. The van der Waals surface area contributed by atoms with Crippen LogP contribution in [0.5, 0.6) is 0 Å². The van der Waals surface area contributed by atoms with Crippen molar-refractivity contribution >= 4 is 17.2 Å². The molecule has 0 unspecified atom stereocenters. The lowest BCUT2D eigenvalue weighted by molar-refractivity contribution is 0.0954. The van der Waals surface area contributed by atoms with E-state index >= 15 is 0 Å². The van der Waals surface area contributed by atoms with E-state index in [0.29, 0.717) is 18.5 Å². The van der Waals surface area contributed by atoms with E-state index in [-0.39, 0.29) is 5.91 Å². The quantitative estimate of drug-likeness (QED) is 0.758. The number of nitrogens with one attached hydrogen (secondary N) is 2. The Balaban J connectivity index is 1.53. The second-order valence-corrected chi connectivity index (χ2v) is 5.02. The average Bonchev–Trinajstić information content (AvgIpc) is 3.20. The topological polar surface area (TPSA) is 70.9 Å². The van der Waals surface area contributed by atoms with Gasteiger partial charge in [-0.05, 0) is 23.6 Å². The van der Waals surface area contributed by atoms with Gasteiger partial charge in [-0.15, -0.1) is 0 Å². The van der Waals surface area contributed by atoms with Crippen molar-refractivity contribution < 1.29 is 9.21 Å². The largest absolute Gasteiger partial charge is 0.463 e. The zero-order valence-corrected chi connectivity index (χ0v) is 11.4. The van der Waals surface area contributed by atoms with Gasteiger partial charge in [-0.3, -0.25) is 4.79 Å². The molecule has 2 N–H and O–H groups in total. The molecule has 5 nitrogen and oxygen atoms in total. The van der Waals surface area contributed by atoms with Crippen LogP contribution in [0.1, 0.15) is 16.2 Å². The van der Waals surface area contributed by atoms with E-state index in [0.717, 1.165) is 17.3 Å². The Morgan fingerprint density at radius 1 is 1.45 bits per heavy atom. The smallest absolute Gasteiger partial charge is 0.252 e. The Hall–Kier alpha value is -2.34. The van der Waals surface area contributed by atoms with E-state index in [1.165, 1.54) is 11.3 Å². The van der Waals surface area contributed by atoms with E-state index in [1.807, 2.05) is 29.0 Å². The van der Waals surface area contributed by atoms with Gasteiger partial charge in [-0.1, -0.05) is 0 Å². The van der Waals surface area contributed by atoms with Crippen LogP contribution in [0.25, 0.3) is 11.5 Å². The molecule has 6 heteroatoms. The summed E-state index contributed by atoms with van der Waals surface area (Å²) in [6.07, 6.45) is 4.00. The van der Waals surface area contributed by atoms with Crippen LogP contribution >= 0.6 is 11.3 Å². The molecule has 3 rings (SSSR count). The molecule has 0 fully saturated rings. The fourth-order valence-corrected chi connectivity index (χ4v) is 2.47. The second-order valence-electron chi connectivity index (χ2n) is 4.24. The van der Waals surface area contributed by atoms with Crippen LogP contribution in [0, 0.1) is 0 Å². The molecule has 0 aliphatic carbocycles. The van der Waals surface area contributed by atoms with Gasteiger partial charge >= 0.3 is 0 Å². The number of imidazole rings is 1. The first-order valence-electron chi connectivity index (χ1n) is 6.21. The molecule has 0 saturated carbocycles. The number of hydrogen-bond donors (Lipinski definition) is 2. The van der Waals surface area contributed by atoms with Crippen molar-refractivity contribution in [2.45, 2.75) is 6.42 Å². The van der Waals surface area contributed by atoms with Gasteiger partial charge in [0.05, 0.1) is 12.5 Å². The van der Waals surface area contributed by atoms with Crippen molar-refractivity contribution in [1.82, 2.24) is 15.3 Å². The summed E-state index contributed by atoms with van der Waals surface area (Å²) >= 11 is 1.51. The number of furan rings is 1. The van der Waals surface area contributed by atoms with Gasteiger partial charge in [0, 0.05) is 23.9 Å². The fraction of sp³-hybridized carbons (Fsp3) is 0.143. The lowest BCUT2D eigenvalue weighted by Gasteiger charge is -2.01. The molecule has 3 aromatic rings. The summed E-state index contributed by atoms with van der Waals surface area (Å²) in [5, 5.41) is 6.58. The second kappa shape index (κ2) is 5.75. The number of H-pyrrole nitrogens is 1. The average molecular weight is 287 g/mol. The fourth-order valence-electron chi connectivity index (χ4n) is 1.84. The Morgan fingerprint density at radius 3 is 3.15 bits per heavy atom. The molecule has 0 aliphatic rings. The Bertz CT molecular complexity index is 671. The first-order valence-corrected chi connectivity index (χ1v) is 7.15. The number of aromatic nitrogens is 2. The number of hydrogen-bond acceptors (Lipinski definition) is 4. The molecule has 0 aliphatic heterocycles. The van der Waals surface area contributed by atoms with Crippen LogP contribution < -0.4 is 5.32 Å². The molecule has 0 saturated heterocycles. The zero-order valence-electron chi connectivity index (χ0n) is 10.6. The lowest BCUT2D eigenvalue weighted by Crippen LogP contribution is -2.25. The number of thiophene rings is 1. The van der Waals surface area contributed by atoms with Gasteiger partial charge in [0.15, 0.2) is 5.76 Å². The van der Waals surface area contributed by atoms with Gasteiger partial charge in [0.2, 0.25) is 0 Å². The molecule has 0 atom stereocenters. The third-order valence-corrected chi connectivity index (χ3v) is 3.53. The first-order chi connectivity index (χ1) is 9.83. The maximum Gasteiger partial charge on any atom is 0.252 e. The molecular formula is C14H13N3O2S. The van der Waals surface area contributed by atoms with Crippen LogP contribution in [-0.4, -0.2) is 22.4 Å². The molecule has 3 aromatic heterocycles. The van der Waals surface area contributed by atoms with E-state index in [1.54, 1.807) is 12.5 Å². The number of nitrogens with zero attached hydrogens (tertiary/aromatic N) is 1. The van der Waals surface area contributed by atoms with Crippen molar-refractivity contribution in [1.29, 1.82) is 0 Å². The SMILES string of the molecule is O=C(NCCc1ncc(-c2ccco2)[nH]1)c1ccsc1. The Kier molecular flexibility index (Phi) is 3.64. The normalized spacial score (nSPS) is 10.6. The minimum absolute atomic E-state index is 0.0518. The first kappa shape index (κ1) is 12.7. The molecule has 0 spiro atoms. The summed E-state index contributed by atoms with van der Waals surface area (Å²) in [7, 11) is 0. The highest BCUT2D eigenvalue weighted by atomic mass is 32.1. The number of rotatable bonds is 5. The molecule has 3 heterocycles. The molecule has 102 valence electrons. The number of carbonyl (C=O) groups is 1. The van der Waals surface area contributed by atoms with Crippen molar-refractivity contribution in [3.63, 3.8) is 0 Å². The number of carbonyl (C=O) groups excluding carboxylic acids is 1. The molecule has 0 radical (unpaired) electrons. The van der Waals surface area contributed by atoms with E-state index < -0.39 is 0 Å². The summed E-state index contributed by atoms with van der Waals surface area (Å²) < 4.78 is 5.28. The lowest BCUT2D eigenvalue weighted by atomic mass is 10.3. The van der Waals surface area contributed by atoms with Crippen LogP contribution in [0.3, 0.4) is 0 Å². The third-order valence-electron chi connectivity index (χ3n) is 2.85. The maximum absolute atomic E-state index is 11.7. The summed E-state index contributed by atoms with van der Waals surface area (Å²) in [5.74, 6) is 1.53. The van der Waals surface area contributed by atoms with Gasteiger partial charge in [-0.25, -0.2) is 4.98 Å². The minimum atomic E-state index is -0.0518. The van der Waals surface area contributed by atoms with Crippen LogP contribution in [0.15, 0.2) is 45.8 Å². The summed E-state index contributed by atoms with van der Waals surface area (Å²) in [6.45, 7) is 0.541. The Labute approximate surface area is 119 Å². The highest BCUT2D eigenvalue weighted by molar-refractivity contribution is 7.08. The monoisotopic (exact) mass is 287 g/mol. The van der Waals surface area contributed by atoms with E-state index in [4.69, 9.17) is 4.42 Å². The highest BCUT2D eigenvalue weighted by Crippen LogP contribution is 2.16. The Morgan fingerprint density at radius 2 is 2.40 bits per heavy atom. The molecule has 0 aromatic carbocycles. The molecular weight excluding hydrogens is 274 g/mol. The van der Waals surface area contributed by atoms with Crippen molar-refractivity contribution in [3.05, 3.63) is 52.8 Å². The van der Waals surface area contributed by atoms with Crippen LogP contribution in [0.2, 0.25) is 0 Å². The predicted molar refractivity (Wildman–Crippen MR) is 76.6 cm³/mol. The van der Waals surface area contributed by atoms with Crippen molar-refractivity contribution in [2.24, 2.45) is 0 Å². The zero-order chi connectivity index (χ0) is 13.8. The molecule has 20 heavy (non-hydrogen) atoms. The third kappa shape index (κ3) is 2.80. The van der Waals surface area contributed by atoms with Gasteiger partial charge in [0.1, 0.15) is 11.5 Å². The summed E-state index contributed by atoms with van der Waals surface area (Å²) in [6, 6.07) is 5.51. The van der Waals surface area contributed by atoms with Crippen molar-refractivity contribution in [2.75, 3.05) is 6.54 Å². The molecule has 0 bridgehead atoms. The maximum atomic E-state index is 11.7. The standard InChI is InChI=1S/C14H13N3O2S/c18-14(10-4-7-20-9-10)15-5-3-13-16-8-11(17-13)12-2-1-6-19-12/h1-2,4,6-9H,3,5H2,(H,15,18)(H,16,17). The number of aromatic amines is 1. The van der Waals surface area contributed by atoms with Gasteiger partial charge < -0.3 is 14.7 Å². The predicted octanol–water partition coefficient (Wildman–Crippen LogP) is 2.70. The molecule has 1 amide bonds. The van der Waals surface area contributed by atoms with Gasteiger partial charge in [-0.2, -0.15) is 11.3 Å². The van der Waals surface area contributed by atoms with E-state index in [2.05, 4.69) is 15.3 Å². The van der Waals surface area contributed by atoms with Crippen LogP contribution in [0.4, 0.5) is 0 Å². The number of amides is 1.